The van der Waals surface area contributed by atoms with Crippen LogP contribution in [0.15, 0.2) is 24.3 Å². The summed E-state index contributed by atoms with van der Waals surface area (Å²) >= 11 is 0. The Kier molecular flexibility index (Phi) is 6.19. The number of carbonyl (C=O) groups is 1. The third-order valence-electron chi connectivity index (χ3n) is 7.04. The molecule has 0 aromatic heterocycles. The second kappa shape index (κ2) is 8.66. The molecular weight excluding hydrogens is 377 g/mol. The van der Waals surface area contributed by atoms with Crippen LogP contribution in [0.5, 0.6) is 0 Å². The highest BCUT2D eigenvalue weighted by Gasteiger charge is 2.40. The molecule has 3 aliphatic rings. The van der Waals surface area contributed by atoms with Gasteiger partial charge in [-0.1, -0.05) is 37.5 Å². The number of benzene rings is 1. The molecule has 3 fully saturated rings. The summed E-state index contributed by atoms with van der Waals surface area (Å²) in [5.74, 6) is 0.512. The zero-order valence-electron chi connectivity index (χ0n) is 17.0. The molecule has 160 valence electrons. The van der Waals surface area contributed by atoms with Gasteiger partial charge in [-0.15, -0.1) is 0 Å². The summed E-state index contributed by atoms with van der Waals surface area (Å²) in [4.78, 5) is 17.4. The van der Waals surface area contributed by atoms with Crippen molar-refractivity contribution in [3.63, 3.8) is 0 Å². The lowest BCUT2D eigenvalue weighted by Gasteiger charge is -2.31. The molecule has 1 aliphatic carbocycles. The van der Waals surface area contributed by atoms with Gasteiger partial charge in [-0.05, 0) is 56.3 Å². The summed E-state index contributed by atoms with van der Waals surface area (Å²) in [5, 5.41) is 0. The molecule has 3 nitrogen and oxygen atoms in total. The van der Waals surface area contributed by atoms with E-state index >= 15 is 0 Å². The number of rotatable bonds is 4. The van der Waals surface area contributed by atoms with Gasteiger partial charge in [0.1, 0.15) is 0 Å². The number of piperidine rings is 1. The smallest absolute Gasteiger partial charge is 0.341 e. The minimum atomic E-state index is -4.34. The minimum absolute atomic E-state index is 0.0235. The first kappa shape index (κ1) is 20.7. The van der Waals surface area contributed by atoms with Crippen LogP contribution in [-0.4, -0.2) is 48.4 Å². The van der Waals surface area contributed by atoms with Crippen molar-refractivity contribution >= 4 is 5.91 Å². The Morgan fingerprint density at radius 2 is 1.72 bits per heavy atom. The first-order chi connectivity index (χ1) is 13.9. The van der Waals surface area contributed by atoms with Crippen LogP contribution in [0.2, 0.25) is 0 Å². The monoisotopic (exact) mass is 408 g/mol. The number of alkyl halides is 3. The highest BCUT2D eigenvalue weighted by atomic mass is 19.4. The normalized spacial score (nSPS) is 26.9. The summed E-state index contributed by atoms with van der Waals surface area (Å²) in [6, 6.07) is 5.77. The van der Waals surface area contributed by atoms with Crippen molar-refractivity contribution in [2.45, 2.75) is 57.0 Å². The van der Waals surface area contributed by atoms with Crippen molar-refractivity contribution < 1.29 is 18.0 Å². The fraction of sp³-hybridized carbons (Fsp3) is 0.696. The van der Waals surface area contributed by atoms with E-state index in [1.165, 1.54) is 31.4 Å². The highest BCUT2D eigenvalue weighted by Crippen LogP contribution is 2.38. The Morgan fingerprint density at radius 3 is 2.41 bits per heavy atom. The molecule has 4 rings (SSSR count). The van der Waals surface area contributed by atoms with Crippen LogP contribution in [0.25, 0.3) is 0 Å². The second-order valence-corrected chi connectivity index (χ2v) is 9.08. The maximum absolute atomic E-state index is 13.3. The number of carbonyl (C=O) groups excluding carboxylic acids is 1. The van der Waals surface area contributed by atoms with E-state index in [0.29, 0.717) is 13.1 Å². The van der Waals surface area contributed by atoms with Gasteiger partial charge in [0, 0.05) is 31.5 Å². The van der Waals surface area contributed by atoms with E-state index in [2.05, 4.69) is 4.90 Å². The van der Waals surface area contributed by atoms with Crippen molar-refractivity contribution in [3.8, 4) is 0 Å². The average molecular weight is 409 g/mol. The first-order valence-electron chi connectivity index (χ1n) is 11.1. The number of amides is 1. The van der Waals surface area contributed by atoms with Crippen LogP contribution in [0.4, 0.5) is 13.2 Å². The molecule has 0 N–H and O–H groups in total. The highest BCUT2D eigenvalue weighted by molar-refractivity contribution is 5.79. The predicted molar refractivity (Wildman–Crippen MR) is 107 cm³/mol. The average Bonchev–Trinajstić information content (AvgIpc) is 3.38. The largest absolute Gasteiger partial charge is 0.416 e. The van der Waals surface area contributed by atoms with E-state index in [1.54, 1.807) is 0 Å². The minimum Gasteiger partial charge on any atom is -0.341 e. The molecule has 1 amide bonds. The lowest BCUT2D eigenvalue weighted by Crippen LogP contribution is -2.37. The Morgan fingerprint density at radius 1 is 1.00 bits per heavy atom. The summed E-state index contributed by atoms with van der Waals surface area (Å²) in [5.41, 5.74) is 0.135. The van der Waals surface area contributed by atoms with Crippen LogP contribution in [0, 0.1) is 11.8 Å². The van der Waals surface area contributed by atoms with E-state index in [-0.39, 0.29) is 23.7 Å². The van der Waals surface area contributed by atoms with Crippen molar-refractivity contribution in [3.05, 3.63) is 35.4 Å². The molecule has 6 heteroatoms. The molecule has 1 saturated carbocycles. The van der Waals surface area contributed by atoms with Gasteiger partial charge < -0.3 is 9.80 Å². The van der Waals surface area contributed by atoms with Crippen LogP contribution in [0.3, 0.4) is 0 Å². The van der Waals surface area contributed by atoms with Crippen molar-refractivity contribution in [2.24, 2.45) is 11.8 Å². The summed E-state index contributed by atoms with van der Waals surface area (Å²) in [6.45, 7) is 4.21. The van der Waals surface area contributed by atoms with Crippen LogP contribution >= 0.6 is 0 Å². The molecule has 1 aromatic rings. The molecular formula is C23H31F3N2O. The predicted octanol–water partition coefficient (Wildman–Crippen LogP) is 4.92. The van der Waals surface area contributed by atoms with Crippen molar-refractivity contribution in [1.29, 1.82) is 0 Å². The fourth-order valence-electron chi connectivity index (χ4n) is 5.46. The van der Waals surface area contributed by atoms with Gasteiger partial charge in [0.2, 0.25) is 5.91 Å². The van der Waals surface area contributed by atoms with Crippen molar-refractivity contribution in [2.75, 3.05) is 32.7 Å². The molecule has 2 heterocycles. The maximum Gasteiger partial charge on any atom is 0.416 e. The Bertz CT molecular complexity index is 708. The third kappa shape index (κ3) is 4.79. The van der Waals surface area contributed by atoms with Gasteiger partial charge in [0.05, 0.1) is 5.56 Å². The molecule has 0 spiro atoms. The quantitative estimate of drug-likeness (QED) is 0.706. The molecule has 0 bridgehead atoms. The van der Waals surface area contributed by atoms with E-state index in [4.69, 9.17) is 0 Å². The first-order valence-corrected chi connectivity index (χ1v) is 11.1. The molecule has 2 atom stereocenters. The Balaban J connectivity index is 1.55. The van der Waals surface area contributed by atoms with Gasteiger partial charge in [0.25, 0.3) is 0 Å². The van der Waals surface area contributed by atoms with E-state index in [1.807, 2.05) is 11.0 Å². The molecule has 2 saturated heterocycles. The van der Waals surface area contributed by atoms with Gasteiger partial charge >= 0.3 is 6.18 Å². The number of hydrogen-bond donors (Lipinski definition) is 0. The zero-order valence-corrected chi connectivity index (χ0v) is 17.0. The standard InChI is InChI=1S/C23H31F3N2O/c24-23(25,26)20-10-6-9-18(13-20)21-16-28(22(29)17-7-2-3-8-17)15-19(21)14-27-11-4-1-5-12-27/h6,9-10,13,17,19,21H,1-5,7-8,11-12,14-16H2/t19-,21+/m0/s1. The molecule has 0 unspecified atom stereocenters. The van der Waals surface area contributed by atoms with E-state index < -0.39 is 11.7 Å². The zero-order chi connectivity index (χ0) is 20.4. The summed E-state index contributed by atoms with van der Waals surface area (Å²) in [7, 11) is 0. The van der Waals surface area contributed by atoms with E-state index in [9.17, 15) is 18.0 Å². The van der Waals surface area contributed by atoms with Crippen LogP contribution < -0.4 is 0 Å². The SMILES string of the molecule is O=C(C1CCCC1)N1C[C@H](CN2CCCCC2)[C@@H](c2cccc(C(F)(F)F)c2)C1. The Hall–Kier alpha value is -1.56. The second-order valence-electron chi connectivity index (χ2n) is 9.08. The maximum atomic E-state index is 13.3. The number of likely N-dealkylation sites (tertiary alicyclic amines) is 2. The topological polar surface area (TPSA) is 23.6 Å². The van der Waals surface area contributed by atoms with Gasteiger partial charge in [0.15, 0.2) is 0 Å². The number of nitrogens with zero attached hydrogens (tertiary/aromatic N) is 2. The van der Waals surface area contributed by atoms with E-state index in [0.717, 1.165) is 56.9 Å². The molecule has 0 radical (unpaired) electrons. The summed E-state index contributed by atoms with van der Waals surface area (Å²) < 4.78 is 39.8. The molecule has 1 aromatic carbocycles. The lowest BCUT2D eigenvalue weighted by molar-refractivity contribution is -0.137. The molecule has 29 heavy (non-hydrogen) atoms. The Labute approximate surface area is 171 Å². The van der Waals surface area contributed by atoms with Crippen molar-refractivity contribution in [1.82, 2.24) is 9.80 Å². The van der Waals surface area contributed by atoms with Crippen LogP contribution in [-0.2, 0) is 11.0 Å². The van der Waals surface area contributed by atoms with Gasteiger partial charge in [-0.25, -0.2) is 0 Å². The summed E-state index contributed by atoms with van der Waals surface area (Å²) in [6.07, 6.45) is 3.43. The number of halogens is 3. The van der Waals surface area contributed by atoms with Gasteiger partial charge in [-0.3, -0.25) is 4.79 Å². The van der Waals surface area contributed by atoms with Crippen LogP contribution in [0.1, 0.15) is 62.0 Å². The fourth-order valence-corrected chi connectivity index (χ4v) is 5.46. The number of hydrogen-bond acceptors (Lipinski definition) is 2. The lowest BCUT2D eigenvalue weighted by atomic mass is 9.87. The molecule has 2 aliphatic heterocycles. The third-order valence-corrected chi connectivity index (χ3v) is 7.04. The van der Waals surface area contributed by atoms with Gasteiger partial charge in [-0.2, -0.15) is 13.2 Å².